The van der Waals surface area contributed by atoms with Crippen LogP contribution in [0.15, 0.2) is 30.3 Å². The van der Waals surface area contributed by atoms with E-state index in [1.165, 1.54) is 0 Å². The molecule has 3 rings (SSSR count). The first-order valence-electron chi connectivity index (χ1n) is 8.33. The predicted molar refractivity (Wildman–Crippen MR) is 98.4 cm³/mol. The molecule has 0 saturated carbocycles. The molecule has 0 aliphatic carbocycles. The van der Waals surface area contributed by atoms with Gasteiger partial charge in [-0.05, 0) is 32.9 Å². The van der Waals surface area contributed by atoms with Crippen molar-refractivity contribution in [3.8, 4) is 0 Å². The molecule has 0 fully saturated rings. The number of para-hydroxylation sites is 1. The monoisotopic (exact) mass is 327 g/mol. The summed E-state index contributed by atoms with van der Waals surface area (Å²) in [6.07, 6.45) is 0. The van der Waals surface area contributed by atoms with Gasteiger partial charge in [-0.2, -0.15) is 0 Å². The van der Waals surface area contributed by atoms with Gasteiger partial charge in [0, 0.05) is 30.1 Å². The molecule has 0 amide bonds. The predicted octanol–water partition coefficient (Wildman–Crippen LogP) is 3.54. The summed E-state index contributed by atoms with van der Waals surface area (Å²) in [5.41, 5.74) is 2.25. The quantitative estimate of drug-likeness (QED) is 0.727. The number of benzene rings is 1. The van der Waals surface area contributed by atoms with E-state index in [0.717, 1.165) is 33.3 Å². The second-order valence-electron chi connectivity index (χ2n) is 6.66. The number of aromatic nitrogens is 2. The van der Waals surface area contributed by atoms with Crippen molar-refractivity contribution in [1.29, 1.82) is 0 Å². The van der Waals surface area contributed by atoms with Crippen LogP contribution in [-0.2, 0) is 17.9 Å². The van der Waals surface area contributed by atoms with E-state index >= 15 is 0 Å². The largest absolute Gasteiger partial charge is 0.389 e. The van der Waals surface area contributed by atoms with E-state index in [-0.39, 0.29) is 0 Å². The smallest absolute Gasteiger partial charge is 0.135 e. The maximum Gasteiger partial charge on any atom is 0.135 e. The van der Waals surface area contributed by atoms with E-state index in [0.29, 0.717) is 19.8 Å². The number of hydrogen-bond acceptors (Lipinski definition) is 4. The average molecular weight is 327 g/mol. The van der Waals surface area contributed by atoms with Gasteiger partial charge in [0.1, 0.15) is 5.82 Å². The maximum absolute atomic E-state index is 10.4. The van der Waals surface area contributed by atoms with E-state index in [4.69, 9.17) is 9.72 Å². The van der Waals surface area contributed by atoms with E-state index < -0.39 is 5.60 Å². The van der Waals surface area contributed by atoms with Crippen LogP contribution in [0, 0.1) is 0 Å². The molecule has 0 atom stereocenters. The molecule has 0 saturated heterocycles. The summed E-state index contributed by atoms with van der Waals surface area (Å²) in [4.78, 5) is 4.73. The highest BCUT2D eigenvalue weighted by molar-refractivity contribution is 6.09. The number of hydrogen-bond donors (Lipinski definition) is 2. The molecule has 2 heterocycles. The summed E-state index contributed by atoms with van der Waals surface area (Å²) in [6.45, 7) is 7.30. The fraction of sp³-hybridized carbons (Fsp3) is 0.421. The second-order valence-corrected chi connectivity index (χ2v) is 6.66. The van der Waals surface area contributed by atoms with Gasteiger partial charge in [-0.15, -0.1) is 0 Å². The van der Waals surface area contributed by atoms with Crippen molar-refractivity contribution in [2.45, 2.75) is 39.5 Å². The molecular formula is C19H25N3O2. The molecule has 1 aromatic carbocycles. The Kier molecular flexibility index (Phi) is 4.47. The second kappa shape index (κ2) is 6.42. The summed E-state index contributed by atoms with van der Waals surface area (Å²) in [5.74, 6) is 0.843. The van der Waals surface area contributed by atoms with Gasteiger partial charge in [-0.1, -0.05) is 18.2 Å². The number of nitrogens with zero attached hydrogens (tertiary/aromatic N) is 2. The van der Waals surface area contributed by atoms with E-state index in [2.05, 4.69) is 22.0 Å². The molecule has 0 radical (unpaired) electrons. The number of rotatable bonds is 6. The van der Waals surface area contributed by atoms with Gasteiger partial charge in [-0.3, -0.25) is 0 Å². The summed E-state index contributed by atoms with van der Waals surface area (Å²) in [5, 5.41) is 15.7. The van der Waals surface area contributed by atoms with Crippen LogP contribution in [0.3, 0.4) is 0 Å². The van der Waals surface area contributed by atoms with Gasteiger partial charge >= 0.3 is 0 Å². The molecule has 128 valence electrons. The van der Waals surface area contributed by atoms with Crippen molar-refractivity contribution < 1.29 is 9.84 Å². The third kappa shape index (κ3) is 3.09. The molecule has 0 unspecified atom stereocenters. The van der Waals surface area contributed by atoms with Crippen LogP contribution in [0.4, 0.5) is 5.82 Å². The molecule has 0 aliphatic heterocycles. The van der Waals surface area contributed by atoms with Gasteiger partial charge in [0.2, 0.25) is 0 Å². The zero-order valence-corrected chi connectivity index (χ0v) is 14.8. The molecular weight excluding hydrogens is 302 g/mol. The first kappa shape index (κ1) is 16.7. The Labute approximate surface area is 142 Å². The fourth-order valence-corrected chi connectivity index (χ4v) is 3.11. The Morgan fingerprint density at radius 1 is 1.25 bits per heavy atom. The molecule has 5 heteroatoms. The zero-order valence-electron chi connectivity index (χ0n) is 14.8. The van der Waals surface area contributed by atoms with Crippen molar-refractivity contribution in [3.05, 3.63) is 36.0 Å². The molecule has 24 heavy (non-hydrogen) atoms. The summed E-state index contributed by atoms with van der Waals surface area (Å²) in [7, 11) is 1.88. The number of aliphatic hydroxyl groups is 1. The standard InChI is InChI=1S/C19H25N3O2/c1-5-24-11-13-10-15-17(22(13)12-19(2,3)23)14-8-6-7-9-16(14)21-18(15)20-4/h6-10,23H,5,11-12H2,1-4H3,(H,20,21). The number of nitrogens with one attached hydrogen (secondary N) is 1. The molecule has 0 bridgehead atoms. The first-order chi connectivity index (χ1) is 11.4. The number of fused-ring (bicyclic) bond motifs is 3. The van der Waals surface area contributed by atoms with Crippen LogP contribution in [0.2, 0.25) is 0 Å². The molecule has 3 aromatic rings. The Balaban J connectivity index is 2.34. The third-order valence-electron chi connectivity index (χ3n) is 4.07. The SMILES string of the molecule is CCOCc1cc2c(NC)nc3ccccc3c2n1CC(C)(C)O. The van der Waals surface area contributed by atoms with E-state index in [1.54, 1.807) is 0 Å². The van der Waals surface area contributed by atoms with Crippen LogP contribution >= 0.6 is 0 Å². The third-order valence-corrected chi connectivity index (χ3v) is 4.07. The Hall–Kier alpha value is -2.11. The lowest BCUT2D eigenvalue weighted by Crippen LogP contribution is -2.27. The number of ether oxygens (including phenoxy) is 1. The Morgan fingerprint density at radius 3 is 2.67 bits per heavy atom. The lowest BCUT2D eigenvalue weighted by Gasteiger charge is -2.21. The highest BCUT2D eigenvalue weighted by Gasteiger charge is 2.21. The van der Waals surface area contributed by atoms with Crippen molar-refractivity contribution in [1.82, 2.24) is 9.55 Å². The summed E-state index contributed by atoms with van der Waals surface area (Å²) >= 11 is 0. The van der Waals surface area contributed by atoms with Gasteiger partial charge in [0.15, 0.2) is 0 Å². The van der Waals surface area contributed by atoms with Crippen molar-refractivity contribution in [2.75, 3.05) is 19.0 Å². The molecule has 0 spiro atoms. The lowest BCUT2D eigenvalue weighted by molar-refractivity contribution is 0.0589. The Morgan fingerprint density at radius 2 is 2.00 bits per heavy atom. The van der Waals surface area contributed by atoms with Crippen LogP contribution in [0.5, 0.6) is 0 Å². The lowest BCUT2D eigenvalue weighted by atomic mass is 10.1. The van der Waals surface area contributed by atoms with Crippen molar-refractivity contribution in [2.24, 2.45) is 0 Å². The normalized spacial score (nSPS) is 12.2. The molecule has 5 nitrogen and oxygen atoms in total. The molecule has 2 N–H and O–H groups in total. The van der Waals surface area contributed by atoms with Crippen molar-refractivity contribution >= 4 is 27.6 Å². The van der Waals surface area contributed by atoms with Crippen LogP contribution in [0.25, 0.3) is 21.8 Å². The van der Waals surface area contributed by atoms with E-state index in [1.807, 2.05) is 46.0 Å². The Bertz CT molecular complexity index is 862. The topological polar surface area (TPSA) is 59.3 Å². The minimum Gasteiger partial charge on any atom is -0.389 e. The van der Waals surface area contributed by atoms with Gasteiger partial charge in [0.25, 0.3) is 0 Å². The van der Waals surface area contributed by atoms with Crippen LogP contribution < -0.4 is 5.32 Å². The maximum atomic E-state index is 10.4. The van der Waals surface area contributed by atoms with Crippen LogP contribution in [-0.4, -0.2) is 33.9 Å². The zero-order chi connectivity index (χ0) is 17.3. The van der Waals surface area contributed by atoms with Gasteiger partial charge in [0.05, 0.1) is 29.8 Å². The van der Waals surface area contributed by atoms with Crippen LogP contribution in [0.1, 0.15) is 26.5 Å². The highest BCUT2D eigenvalue weighted by Crippen LogP contribution is 2.33. The minimum atomic E-state index is -0.822. The summed E-state index contributed by atoms with van der Waals surface area (Å²) in [6, 6.07) is 10.2. The summed E-state index contributed by atoms with van der Waals surface area (Å²) < 4.78 is 7.81. The highest BCUT2D eigenvalue weighted by atomic mass is 16.5. The minimum absolute atomic E-state index is 0.496. The van der Waals surface area contributed by atoms with E-state index in [9.17, 15) is 5.11 Å². The van der Waals surface area contributed by atoms with Gasteiger partial charge < -0.3 is 19.7 Å². The first-order valence-corrected chi connectivity index (χ1v) is 8.33. The van der Waals surface area contributed by atoms with Crippen molar-refractivity contribution in [3.63, 3.8) is 0 Å². The average Bonchev–Trinajstić information content (AvgIpc) is 2.89. The number of pyridine rings is 1. The molecule has 2 aromatic heterocycles. The fourth-order valence-electron chi connectivity index (χ4n) is 3.11. The molecule has 0 aliphatic rings. The van der Waals surface area contributed by atoms with Gasteiger partial charge in [-0.25, -0.2) is 4.98 Å². The number of anilines is 1.